The van der Waals surface area contributed by atoms with Crippen LogP contribution in [0.4, 0.5) is 0 Å². The van der Waals surface area contributed by atoms with E-state index in [0.29, 0.717) is 6.61 Å². The van der Waals surface area contributed by atoms with Crippen LogP contribution in [0, 0.1) is 6.92 Å². The Morgan fingerprint density at radius 1 is 1.00 bits per heavy atom. The number of hydrogen-bond donors (Lipinski definition) is 1. The monoisotopic (exact) mass is 319 g/mol. The van der Waals surface area contributed by atoms with Crippen LogP contribution in [0.25, 0.3) is 0 Å². The zero-order valence-electron chi connectivity index (χ0n) is 13.5. The van der Waals surface area contributed by atoms with Crippen LogP contribution in [-0.2, 0) is 13.2 Å². The summed E-state index contributed by atoms with van der Waals surface area (Å²) in [5.74, 6) is 0.974. The Bertz CT molecular complexity index is 539. The van der Waals surface area contributed by atoms with E-state index in [-0.39, 0.29) is 12.4 Å². The van der Waals surface area contributed by atoms with Crippen molar-refractivity contribution in [1.29, 1.82) is 0 Å². The predicted molar refractivity (Wildman–Crippen MR) is 95.8 cm³/mol. The highest BCUT2D eigenvalue weighted by Gasteiger charge is 2.03. The molecule has 0 bridgehead atoms. The Labute approximate surface area is 140 Å². The molecule has 2 aromatic carbocycles. The first-order valence-electron chi connectivity index (χ1n) is 7.76. The number of benzene rings is 2. The number of rotatable bonds is 8. The van der Waals surface area contributed by atoms with Gasteiger partial charge in [-0.15, -0.1) is 12.4 Å². The van der Waals surface area contributed by atoms with Gasteiger partial charge in [-0.05, 0) is 31.5 Å². The number of para-hydroxylation sites is 1. The van der Waals surface area contributed by atoms with Crippen molar-refractivity contribution in [2.24, 2.45) is 0 Å². The van der Waals surface area contributed by atoms with Crippen molar-refractivity contribution in [3.63, 3.8) is 0 Å². The maximum Gasteiger partial charge on any atom is 0.124 e. The molecular formula is C19H26ClNO. The summed E-state index contributed by atoms with van der Waals surface area (Å²) in [6.45, 7) is 6.85. The third-order valence-corrected chi connectivity index (χ3v) is 3.51. The molecule has 120 valence electrons. The molecule has 0 aliphatic carbocycles. The lowest BCUT2D eigenvalue weighted by molar-refractivity contribution is 0.302. The number of unbranched alkanes of at least 4 members (excludes halogenated alkanes) is 1. The molecule has 1 N–H and O–H groups in total. The molecule has 0 heterocycles. The smallest absolute Gasteiger partial charge is 0.124 e. The average molecular weight is 320 g/mol. The number of halogens is 1. The molecule has 0 saturated carbocycles. The molecule has 0 amide bonds. The molecular weight excluding hydrogens is 294 g/mol. The summed E-state index contributed by atoms with van der Waals surface area (Å²) in [7, 11) is 0. The predicted octanol–water partition coefficient (Wildman–Crippen LogP) is 4.89. The Morgan fingerprint density at radius 3 is 2.45 bits per heavy atom. The standard InChI is InChI=1S/C19H25NO.ClH/c1-3-4-13-20-14-18-7-5-6-8-19(18)21-15-17-11-9-16(2)10-12-17;/h5-12,20H,3-4,13-15H2,1-2H3;1H. The first-order chi connectivity index (χ1) is 10.3. The van der Waals surface area contributed by atoms with Gasteiger partial charge in [0.25, 0.3) is 0 Å². The van der Waals surface area contributed by atoms with Crippen molar-refractivity contribution in [2.45, 2.75) is 39.8 Å². The molecule has 22 heavy (non-hydrogen) atoms. The van der Waals surface area contributed by atoms with Gasteiger partial charge in [-0.1, -0.05) is 61.4 Å². The van der Waals surface area contributed by atoms with Crippen LogP contribution >= 0.6 is 12.4 Å². The molecule has 0 atom stereocenters. The zero-order chi connectivity index (χ0) is 14.9. The Balaban J connectivity index is 0.00000242. The first-order valence-corrected chi connectivity index (χ1v) is 7.76. The van der Waals surface area contributed by atoms with E-state index in [2.05, 4.69) is 55.6 Å². The van der Waals surface area contributed by atoms with Crippen LogP contribution in [0.2, 0.25) is 0 Å². The molecule has 2 rings (SSSR count). The molecule has 0 unspecified atom stereocenters. The maximum atomic E-state index is 5.98. The third kappa shape index (κ3) is 6.08. The normalized spacial score (nSPS) is 10.1. The van der Waals surface area contributed by atoms with Crippen LogP contribution in [0.5, 0.6) is 5.75 Å². The molecule has 0 aliphatic rings. The van der Waals surface area contributed by atoms with Gasteiger partial charge in [0.2, 0.25) is 0 Å². The number of hydrogen-bond acceptors (Lipinski definition) is 2. The zero-order valence-corrected chi connectivity index (χ0v) is 14.3. The largest absolute Gasteiger partial charge is 0.489 e. The average Bonchev–Trinajstić information content (AvgIpc) is 2.52. The van der Waals surface area contributed by atoms with E-state index in [1.54, 1.807) is 0 Å². The summed E-state index contributed by atoms with van der Waals surface area (Å²) in [5, 5.41) is 3.47. The fourth-order valence-corrected chi connectivity index (χ4v) is 2.16. The van der Waals surface area contributed by atoms with Gasteiger partial charge in [-0.2, -0.15) is 0 Å². The second-order valence-corrected chi connectivity index (χ2v) is 5.41. The second-order valence-electron chi connectivity index (χ2n) is 5.41. The van der Waals surface area contributed by atoms with Gasteiger partial charge in [0.05, 0.1) is 0 Å². The lowest BCUT2D eigenvalue weighted by atomic mass is 10.1. The number of nitrogens with one attached hydrogen (secondary N) is 1. The van der Waals surface area contributed by atoms with Crippen molar-refractivity contribution < 1.29 is 4.74 Å². The first kappa shape index (κ1) is 18.5. The van der Waals surface area contributed by atoms with E-state index in [1.807, 2.05) is 12.1 Å². The molecule has 0 radical (unpaired) electrons. The van der Waals surface area contributed by atoms with Crippen molar-refractivity contribution in [3.05, 3.63) is 65.2 Å². The van der Waals surface area contributed by atoms with E-state index < -0.39 is 0 Å². The second kappa shape index (κ2) is 10.3. The van der Waals surface area contributed by atoms with Gasteiger partial charge in [0, 0.05) is 12.1 Å². The fraction of sp³-hybridized carbons (Fsp3) is 0.368. The van der Waals surface area contributed by atoms with Gasteiger partial charge in [-0.25, -0.2) is 0 Å². The van der Waals surface area contributed by atoms with Gasteiger partial charge < -0.3 is 10.1 Å². The molecule has 2 nitrogen and oxygen atoms in total. The SMILES string of the molecule is CCCCNCc1ccccc1OCc1ccc(C)cc1.Cl. The third-order valence-electron chi connectivity index (χ3n) is 3.51. The molecule has 0 aliphatic heterocycles. The van der Waals surface area contributed by atoms with E-state index in [4.69, 9.17) is 4.74 Å². The lowest BCUT2D eigenvalue weighted by Gasteiger charge is -2.12. The fourth-order valence-electron chi connectivity index (χ4n) is 2.16. The Morgan fingerprint density at radius 2 is 1.73 bits per heavy atom. The van der Waals surface area contributed by atoms with Crippen LogP contribution in [0.3, 0.4) is 0 Å². The number of aryl methyl sites for hydroxylation is 1. The highest BCUT2D eigenvalue weighted by molar-refractivity contribution is 5.85. The molecule has 0 fully saturated rings. The summed E-state index contributed by atoms with van der Waals surface area (Å²) in [6, 6.07) is 16.8. The molecule has 2 aromatic rings. The molecule has 3 heteroatoms. The van der Waals surface area contributed by atoms with Gasteiger partial charge in [0.15, 0.2) is 0 Å². The van der Waals surface area contributed by atoms with Gasteiger partial charge in [0.1, 0.15) is 12.4 Å². The highest BCUT2D eigenvalue weighted by Crippen LogP contribution is 2.19. The summed E-state index contributed by atoms with van der Waals surface area (Å²) in [5.41, 5.74) is 3.70. The minimum absolute atomic E-state index is 0. The van der Waals surface area contributed by atoms with Crippen molar-refractivity contribution in [2.75, 3.05) is 6.54 Å². The van der Waals surface area contributed by atoms with Crippen molar-refractivity contribution >= 4 is 12.4 Å². The van der Waals surface area contributed by atoms with Crippen LogP contribution < -0.4 is 10.1 Å². The Kier molecular flexibility index (Phi) is 8.64. The quantitative estimate of drug-likeness (QED) is 0.700. The minimum Gasteiger partial charge on any atom is -0.489 e. The Hall–Kier alpha value is -1.51. The highest BCUT2D eigenvalue weighted by atomic mass is 35.5. The molecule has 0 saturated heterocycles. The van der Waals surface area contributed by atoms with E-state index in [9.17, 15) is 0 Å². The van der Waals surface area contributed by atoms with E-state index in [1.165, 1.54) is 29.5 Å². The summed E-state index contributed by atoms with van der Waals surface area (Å²) in [4.78, 5) is 0. The summed E-state index contributed by atoms with van der Waals surface area (Å²) in [6.07, 6.45) is 2.44. The molecule has 0 aromatic heterocycles. The summed E-state index contributed by atoms with van der Waals surface area (Å²) < 4.78 is 5.98. The maximum absolute atomic E-state index is 5.98. The van der Waals surface area contributed by atoms with Crippen molar-refractivity contribution in [3.8, 4) is 5.75 Å². The minimum atomic E-state index is 0. The molecule has 0 spiro atoms. The lowest BCUT2D eigenvalue weighted by Crippen LogP contribution is -2.15. The van der Waals surface area contributed by atoms with Crippen LogP contribution in [-0.4, -0.2) is 6.54 Å². The number of ether oxygens (including phenoxy) is 1. The van der Waals surface area contributed by atoms with Gasteiger partial charge >= 0.3 is 0 Å². The summed E-state index contributed by atoms with van der Waals surface area (Å²) >= 11 is 0. The van der Waals surface area contributed by atoms with E-state index >= 15 is 0 Å². The van der Waals surface area contributed by atoms with Crippen LogP contribution in [0.15, 0.2) is 48.5 Å². The van der Waals surface area contributed by atoms with E-state index in [0.717, 1.165) is 18.8 Å². The van der Waals surface area contributed by atoms with Gasteiger partial charge in [-0.3, -0.25) is 0 Å². The van der Waals surface area contributed by atoms with Crippen LogP contribution in [0.1, 0.15) is 36.5 Å². The van der Waals surface area contributed by atoms with Crippen molar-refractivity contribution in [1.82, 2.24) is 5.32 Å². The topological polar surface area (TPSA) is 21.3 Å².